The first-order chi connectivity index (χ1) is 21.2. The molecule has 2 heterocycles. The Labute approximate surface area is 266 Å². The first-order valence-corrected chi connectivity index (χ1v) is 18.2. The fourth-order valence-corrected chi connectivity index (χ4v) is 8.33. The molecule has 1 aliphatic heterocycles. The quantitative estimate of drug-likeness (QED) is 0.0986. The van der Waals surface area contributed by atoms with Crippen LogP contribution in [0.3, 0.4) is 0 Å². The Morgan fingerprint density at radius 2 is 1.87 bits per heavy atom. The number of aromatic nitrogens is 2. The number of carbonyl (C=O) groups is 1. The fraction of sp³-hybridized carbons (Fsp3) is 0.786. The molecule has 0 saturated carbocycles. The third-order valence-corrected chi connectivity index (χ3v) is 10.7. The summed E-state index contributed by atoms with van der Waals surface area (Å²) < 4.78 is 58.7. The highest BCUT2D eigenvalue weighted by atomic mass is 31.2. The lowest BCUT2D eigenvalue weighted by molar-refractivity contribution is -0.157. The van der Waals surface area contributed by atoms with E-state index in [0.29, 0.717) is 0 Å². The topological polar surface area (TPSA) is 161 Å². The zero-order valence-corrected chi connectivity index (χ0v) is 29.4. The number of rotatable bonds is 19. The van der Waals surface area contributed by atoms with Crippen molar-refractivity contribution in [2.24, 2.45) is 0 Å². The van der Waals surface area contributed by atoms with Gasteiger partial charge in [-0.1, -0.05) is 0 Å². The van der Waals surface area contributed by atoms with Crippen LogP contribution < -0.4 is 11.2 Å². The van der Waals surface area contributed by atoms with Crippen molar-refractivity contribution >= 4 is 21.9 Å². The lowest BCUT2D eigenvalue weighted by Gasteiger charge is -2.38. The minimum atomic E-state index is -3.31. The molecule has 2 unspecified atom stereocenters. The SMILES string of the molecule is [C-]#[N+]CCOP(O[C@H]1[C@@H](OCCOC)[C@H](n2cc(C)c(=O)[nH]c2=O)O[C@@H]1[C@H](CP(C)(=O)OCC)OC(C)=O)N(C(C)C)C(C)C. The molecule has 0 spiro atoms. The van der Waals surface area contributed by atoms with E-state index >= 15 is 0 Å². The number of nitrogens with zero attached hydrogens (tertiary/aromatic N) is 3. The summed E-state index contributed by atoms with van der Waals surface area (Å²) in [7, 11) is -3.68. The van der Waals surface area contributed by atoms with E-state index in [1.165, 1.54) is 31.5 Å². The molecule has 1 fully saturated rings. The summed E-state index contributed by atoms with van der Waals surface area (Å²) in [6.45, 7) is 21.7. The van der Waals surface area contributed by atoms with E-state index < -0.39 is 63.8 Å². The molecule has 1 N–H and O–H groups in total. The molecular weight excluding hydrogens is 630 g/mol. The Kier molecular flexibility index (Phi) is 16.0. The summed E-state index contributed by atoms with van der Waals surface area (Å²) in [5.41, 5.74) is -1.06. The molecule has 0 aliphatic carbocycles. The van der Waals surface area contributed by atoms with Gasteiger partial charge in [-0.2, -0.15) is 0 Å². The Hall–Kier alpha value is -1.98. The predicted molar refractivity (Wildman–Crippen MR) is 168 cm³/mol. The highest BCUT2D eigenvalue weighted by Gasteiger charge is 2.54. The van der Waals surface area contributed by atoms with E-state index in [2.05, 4.69) is 9.83 Å². The van der Waals surface area contributed by atoms with Crippen molar-refractivity contribution in [2.75, 3.05) is 52.9 Å². The number of aromatic amines is 1. The number of hydrogen-bond donors (Lipinski definition) is 1. The molecule has 7 atom stereocenters. The van der Waals surface area contributed by atoms with Gasteiger partial charge in [0, 0.05) is 44.5 Å². The minimum absolute atomic E-state index is 0.0453. The van der Waals surface area contributed by atoms with Gasteiger partial charge >= 0.3 is 11.7 Å². The van der Waals surface area contributed by atoms with Gasteiger partial charge in [0.25, 0.3) is 14.1 Å². The van der Waals surface area contributed by atoms with Crippen molar-refractivity contribution in [1.82, 2.24) is 14.2 Å². The molecule has 17 heteroatoms. The summed E-state index contributed by atoms with van der Waals surface area (Å²) in [4.78, 5) is 43.4. The number of ether oxygens (including phenoxy) is 4. The largest absolute Gasteiger partial charge is 0.459 e. The van der Waals surface area contributed by atoms with E-state index in [9.17, 15) is 18.9 Å². The number of methoxy groups -OCH3 is 1. The summed E-state index contributed by atoms with van der Waals surface area (Å²) in [5.74, 6) is -0.655. The lowest BCUT2D eigenvalue weighted by atomic mass is 10.1. The number of aryl methyl sites for hydroxylation is 1. The Balaban J connectivity index is 2.78. The molecule has 1 aromatic rings. The fourth-order valence-electron chi connectivity index (χ4n) is 5.00. The van der Waals surface area contributed by atoms with Crippen LogP contribution in [0.5, 0.6) is 0 Å². The first kappa shape index (κ1) is 39.2. The molecule has 45 heavy (non-hydrogen) atoms. The van der Waals surface area contributed by atoms with Gasteiger partial charge in [-0.15, -0.1) is 0 Å². The monoisotopic (exact) mass is 678 g/mol. The number of esters is 1. The van der Waals surface area contributed by atoms with Crippen LogP contribution in [-0.4, -0.2) is 110 Å². The number of hydrogen-bond acceptors (Lipinski definition) is 12. The Morgan fingerprint density at radius 3 is 2.42 bits per heavy atom. The van der Waals surface area contributed by atoms with Crippen LogP contribution in [0.25, 0.3) is 4.85 Å². The summed E-state index contributed by atoms with van der Waals surface area (Å²) in [6, 6.07) is -0.0907. The number of nitrogens with one attached hydrogen (secondary N) is 1. The molecule has 1 aromatic heterocycles. The van der Waals surface area contributed by atoms with Gasteiger partial charge in [0.15, 0.2) is 6.23 Å². The lowest BCUT2D eigenvalue weighted by Crippen LogP contribution is -2.46. The van der Waals surface area contributed by atoms with E-state index in [-0.39, 0.29) is 56.8 Å². The number of H-pyrrole nitrogens is 1. The third-order valence-electron chi connectivity index (χ3n) is 6.70. The average Bonchev–Trinajstić information content (AvgIpc) is 3.27. The second kappa shape index (κ2) is 18.4. The Bertz CT molecular complexity index is 1290. The smallest absolute Gasteiger partial charge is 0.330 e. The zero-order chi connectivity index (χ0) is 33.9. The van der Waals surface area contributed by atoms with Gasteiger partial charge in [-0.3, -0.25) is 23.7 Å². The highest BCUT2D eigenvalue weighted by molar-refractivity contribution is 7.58. The molecule has 256 valence electrons. The van der Waals surface area contributed by atoms with Gasteiger partial charge in [0.05, 0.1) is 26.0 Å². The highest BCUT2D eigenvalue weighted by Crippen LogP contribution is 2.52. The first-order valence-electron chi connectivity index (χ1n) is 14.8. The van der Waals surface area contributed by atoms with E-state index in [0.717, 1.165) is 0 Å². The second-order valence-corrected chi connectivity index (χ2v) is 15.2. The van der Waals surface area contributed by atoms with Crippen molar-refractivity contribution < 1.29 is 41.9 Å². The van der Waals surface area contributed by atoms with Crippen molar-refractivity contribution in [3.8, 4) is 0 Å². The van der Waals surface area contributed by atoms with E-state index in [4.69, 9.17) is 39.1 Å². The third kappa shape index (κ3) is 11.3. The maximum Gasteiger partial charge on any atom is 0.330 e. The summed E-state index contributed by atoms with van der Waals surface area (Å²) >= 11 is 0. The van der Waals surface area contributed by atoms with Crippen molar-refractivity contribution in [2.45, 2.75) is 91.2 Å². The minimum Gasteiger partial charge on any atom is -0.459 e. The average molecular weight is 679 g/mol. The van der Waals surface area contributed by atoms with Crippen LogP contribution in [0.4, 0.5) is 0 Å². The van der Waals surface area contributed by atoms with Crippen LogP contribution in [0.1, 0.15) is 53.3 Å². The molecule has 0 amide bonds. The zero-order valence-electron chi connectivity index (χ0n) is 27.6. The Morgan fingerprint density at radius 1 is 1.20 bits per heavy atom. The maximum atomic E-state index is 13.4. The van der Waals surface area contributed by atoms with Gasteiger partial charge in [-0.05, 0) is 41.5 Å². The van der Waals surface area contributed by atoms with Gasteiger partial charge in [-0.25, -0.2) is 16.0 Å². The molecule has 2 rings (SSSR count). The molecule has 0 aromatic carbocycles. The molecule has 1 saturated heterocycles. The van der Waals surface area contributed by atoms with Crippen LogP contribution >= 0.6 is 15.9 Å². The van der Waals surface area contributed by atoms with Crippen molar-refractivity contribution in [1.29, 1.82) is 0 Å². The van der Waals surface area contributed by atoms with E-state index in [1.807, 2.05) is 32.4 Å². The maximum absolute atomic E-state index is 13.4. The summed E-state index contributed by atoms with van der Waals surface area (Å²) in [5, 5.41) is 0. The van der Waals surface area contributed by atoms with Crippen molar-refractivity contribution in [3.05, 3.63) is 44.0 Å². The molecule has 0 bridgehead atoms. The van der Waals surface area contributed by atoms with Crippen LogP contribution in [0, 0.1) is 13.5 Å². The predicted octanol–water partition coefficient (Wildman–Crippen LogP) is 3.32. The molecular formula is C28H48N4O11P2. The second-order valence-electron chi connectivity index (χ2n) is 11.2. The van der Waals surface area contributed by atoms with E-state index in [1.54, 1.807) is 13.8 Å². The number of carbonyl (C=O) groups excluding carboxylic acids is 1. The standard InChI is InChI=1S/C28H48N4O11P2/c1-11-40-45(10,36)17-22(41-21(7)33)23-24(43-44(39-13-12-29-8)32(18(2)3)19(4)5)25(38-15-14-37-9)27(42-23)31-16-20(6)26(34)30-28(31)35/h16,18-19,22-25,27H,11-15,17H2,1-7,9-10H3,(H,30,34,35)/t22-,23+,24+,25+,27+,44?,45?/m0/s1. The van der Waals surface area contributed by atoms with Gasteiger partial charge in [0.2, 0.25) is 13.9 Å². The van der Waals surface area contributed by atoms with Crippen LogP contribution in [-0.2, 0) is 41.9 Å². The van der Waals surface area contributed by atoms with Gasteiger partial charge < -0.3 is 37.4 Å². The van der Waals surface area contributed by atoms with Crippen molar-refractivity contribution in [3.63, 3.8) is 0 Å². The molecule has 15 nitrogen and oxygen atoms in total. The normalized spacial score (nSPS) is 22.8. The van der Waals surface area contributed by atoms with Crippen LogP contribution in [0.15, 0.2) is 15.8 Å². The van der Waals surface area contributed by atoms with Gasteiger partial charge in [0.1, 0.15) is 31.0 Å². The molecule has 0 radical (unpaired) electrons. The van der Waals surface area contributed by atoms with Crippen LogP contribution in [0.2, 0.25) is 0 Å². The summed E-state index contributed by atoms with van der Waals surface area (Å²) in [6.07, 6.45) is -4.40. The molecule has 1 aliphatic rings.